The predicted octanol–water partition coefficient (Wildman–Crippen LogP) is 4.26. The average Bonchev–Trinajstić information content (AvgIpc) is 2.95. The summed E-state index contributed by atoms with van der Waals surface area (Å²) >= 11 is 4.86. The summed E-state index contributed by atoms with van der Waals surface area (Å²) in [5.41, 5.74) is -0.923. The summed E-state index contributed by atoms with van der Waals surface area (Å²) in [6.45, 7) is 4.45. The highest BCUT2D eigenvalue weighted by Gasteiger charge is 2.40. The molecule has 124 valence electrons. The smallest absolute Gasteiger partial charge is 0.308 e. The van der Waals surface area contributed by atoms with Gasteiger partial charge in [-0.15, -0.1) is 11.3 Å². The molecule has 0 amide bonds. The first-order chi connectivity index (χ1) is 10.4. The van der Waals surface area contributed by atoms with Gasteiger partial charge in [-0.2, -0.15) is 0 Å². The number of esters is 1. The van der Waals surface area contributed by atoms with Gasteiger partial charge in [-0.1, -0.05) is 13.3 Å². The molecule has 0 saturated heterocycles. The maximum Gasteiger partial charge on any atom is 0.308 e. The first-order valence-electron chi connectivity index (χ1n) is 7.96. The van der Waals surface area contributed by atoms with Crippen molar-refractivity contribution >= 4 is 33.2 Å². The van der Waals surface area contributed by atoms with Gasteiger partial charge in [0, 0.05) is 0 Å². The zero-order valence-electron chi connectivity index (χ0n) is 13.2. The van der Waals surface area contributed by atoms with Crippen LogP contribution in [-0.4, -0.2) is 22.7 Å². The number of thiazole rings is 1. The van der Waals surface area contributed by atoms with E-state index in [9.17, 15) is 9.90 Å². The average molecular weight is 390 g/mol. The molecule has 1 N–H and O–H groups in total. The minimum atomic E-state index is -0.923. The van der Waals surface area contributed by atoms with Crippen LogP contribution in [0.15, 0.2) is 9.98 Å². The summed E-state index contributed by atoms with van der Waals surface area (Å²) in [6, 6.07) is 0. The zero-order valence-corrected chi connectivity index (χ0v) is 15.6. The second-order valence-electron chi connectivity index (χ2n) is 6.19. The Morgan fingerprint density at radius 3 is 2.73 bits per heavy atom. The third-order valence-corrected chi connectivity index (χ3v) is 6.21. The number of nitrogens with zero attached hydrogens (tertiary/aromatic N) is 1. The van der Waals surface area contributed by atoms with E-state index in [1.54, 1.807) is 6.20 Å². The highest BCUT2D eigenvalue weighted by atomic mass is 79.9. The summed E-state index contributed by atoms with van der Waals surface area (Å²) < 4.78 is 6.24. The van der Waals surface area contributed by atoms with Crippen LogP contribution in [0.2, 0.25) is 0 Å². The molecule has 0 unspecified atom stereocenters. The number of carbonyl (C=O) groups excluding carboxylic acids is 1. The summed E-state index contributed by atoms with van der Waals surface area (Å²) in [6.07, 6.45) is 6.93. The van der Waals surface area contributed by atoms with E-state index >= 15 is 0 Å². The number of hydrogen-bond donors (Lipinski definition) is 1. The molecule has 0 aliphatic heterocycles. The van der Waals surface area contributed by atoms with E-state index in [0.29, 0.717) is 6.61 Å². The molecule has 1 saturated carbocycles. The minimum Gasteiger partial charge on any atom is -0.465 e. The fraction of sp³-hybridized carbons (Fsp3) is 0.750. The monoisotopic (exact) mass is 389 g/mol. The standard InChI is InChI=1S/C16H24BrNO3S/c1-3-4-9-21-14(19)11-5-7-12(8-6-11)16(2,20)15-18-10-13(17)22-15/h10-12,20H,3-9H2,1-2H3/t11-,12-,16-/m1/s1. The van der Waals surface area contributed by atoms with Crippen molar-refractivity contribution in [1.29, 1.82) is 0 Å². The largest absolute Gasteiger partial charge is 0.465 e. The van der Waals surface area contributed by atoms with Gasteiger partial charge < -0.3 is 9.84 Å². The number of aromatic nitrogens is 1. The molecule has 1 atom stereocenters. The molecule has 0 aromatic carbocycles. The van der Waals surface area contributed by atoms with E-state index in [1.165, 1.54) is 11.3 Å². The van der Waals surface area contributed by atoms with Crippen LogP contribution in [0.25, 0.3) is 0 Å². The Labute approximate surface area is 144 Å². The second-order valence-corrected chi connectivity index (χ2v) is 8.60. The number of rotatable bonds is 6. The summed E-state index contributed by atoms with van der Waals surface area (Å²) in [5, 5.41) is 11.6. The highest BCUT2D eigenvalue weighted by Crippen LogP contribution is 2.42. The first-order valence-corrected chi connectivity index (χ1v) is 9.57. The molecule has 22 heavy (non-hydrogen) atoms. The van der Waals surface area contributed by atoms with Crippen LogP contribution < -0.4 is 0 Å². The van der Waals surface area contributed by atoms with Crippen LogP contribution in [0, 0.1) is 11.8 Å². The molecule has 4 nitrogen and oxygen atoms in total. The number of unbranched alkanes of at least 4 members (excludes halogenated alkanes) is 1. The van der Waals surface area contributed by atoms with Crippen LogP contribution in [0.3, 0.4) is 0 Å². The van der Waals surface area contributed by atoms with E-state index in [2.05, 4.69) is 27.8 Å². The van der Waals surface area contributed by atoms with Gasteiger partial charge in [0.2, 0.25) is 0 Å². The van der Waals surface area contributed by atoms with Crippen molar-refractivity contribution in [2.45, 2.75) is 58.0 Å². The summed E-state index contributed by atoms with van der Waals surface area (Å²) in [4.78, 5) is 16.3. The van der Waals surface area contributed by atoms with Crippen molar-refractivity contribution in [1.82, 2.24) is 4.98 Å². The van der Waals surface area contributed by atoms with Crippen molar-refractivity contribution in [3.63, 3.8) is 0 Å². The molecule has 6 heteroatoms. The number of carbonyl (C=O) groups is 1. The van der Waals surface area contributed by atoms with Crippen molar-refractivity contribution in [3.05, 3.63) is 15.0 Å². The van der Waals surface area contributed by atoms with Gasteiger partial charge in [-0.05, 0) is 60.9 Å². The Kier molecular flexibility index (Phi) is 6.41. The van der Waals surface area contributed by atoms with Gasteiger partial charge in [-0.3, -0.25) is 4.79 Å². The lowest BCUT2D eigenvalue weighted by molar-refractivity contribution is -0.151. The van der Waals surface area contributed by atoms with E-state index in [-0.39, 0.29) is 17.8 Å². The molecule has 1 aromatic rings. The SMILES string of the molecule is CCCCOC(=O)[C@H]1CC[C@H]([C@@](C)(O)c2ncc(Br)s2)CC1. The maximum absolute atomic E-state index is 12.0. The van der Waals surface area contributed by atoms with Crippen molar-refractivity contribution in [2.75, 3.05) is 6.61 Å². The van der Waals surface area contributed by atoms with Crippen LogP contribution in [0.5, 0.6) is 0 Å². The van der Waals surface area contributed by atoms with Crippen LogP contribution in [0.1, 0.15) is 57.4 Å². The number of halogens is 1. The van der Waals surface area contributed by atoms with Crippen molar-refractivity contribution in [2.24, 2.45) is 11.8 Å². The molecule has 1 aliphatic rings. The van der Waals surface area contributed by atoms with Crippen LogP contribution in [-0.2, 0) is 15.1 Å². The molecule has 1 aromatic heterocycles. The molecule has 0 radical (unpaired) electrons. The Balaban J connectivity index is 1.87. The lowest BCUT2D eigenvalue weighted by Gasteiger charge is -2.36. The van der Waals surface area contributed by atoms with Crippen LogP contribution >= 0.6 is 27.3 Å². The first kappa shape index (κ1) is 17.9. The van der Waals surface area contributed by atoms with Gasteiger partial charge in [0.1, 0.15) is 10.6 Å². The fourth-order valence-electron chi connectivity index (χ4n) is 2.99. The zero-order chi connectivity index (χ0) is 16.2. The molecular formula is C16H24BrNO3S. The Bertz CT molecular complexity index is 495. The molecule has 1 heterocycles. The fourth-order valence-corrected chi connectivity index (χ4v) is 4.32. The van der Waals surface area contributed by atoms with E-state index in [1.807, 2.05) is 6.92 Å². The highest BCUT2D eigenvalue weighted by molar-refractivity contribution is 9.11. The van der Waals surface area contributed by atoms with E-state index in [4.69, 9.17) is 4.74 Å². The topological polar surface area (TPSA) is 59.4 Å². The number of aliphatic hydroxyl groups is 1. The minimum absolute atomic E-state index is 0.00747. The Morgan fingerprint density at radius 1 is 1.50 bits per heavy atom. The number of ether oxygens (including phenoxy) is 1. The number of hydrogen-bond acceptors (Lipinski definition) is 5. The van der Waals surface area contributed by atoms with E-state index < -0.39 is 5.60 Å². The summed E-state index contributed by atoms with van der Waals surface area (Å²) in [5.74, 6) is 0.0701. The molecule has 1 fully saturated rings. The van der Waals surface area contributed by atoms with Gasteiger partial charge in [0.05, 0.1) is 22.5 Å². The Morgan fingerprint density at radius 2 is 2.18 bits per heavy atom. The van der Waals surface area contributed by atoms with Gasteiger partial charge in [0.25, 0.3) is 0 Å². The van der Waals surface area contributed by atoms with Gasteiger partial charge in [-0.25, -0.2) is 4.98 Å². The maximum atomic E-state index is 12.0. The molecule has 0 bridgehead atoms. The molecule has 1 aliphatic carbocycles. The Hall–Kier alpha value is -0.460. The lowest BCUT2D eigenvalue weighted by Crippen LogP contribution is -2.36. The van der Waals surface area contributed by atoms with Crippen molar-refractivity contribution < 1.29 is 14.6 Å². The molecule has 0 spiro atoms. The quantitative estimate of drug-likeness (QED) is 0.582. The second kappa shape index (κ2) is 7.88. The van der Waals surface area contributed by atoms with E-state index in [0.717, 1.165) is 47.3 Å². The third-order valence-electron chi connectivity index (χ3n) is 4.51. The molecule has 2 rings (SSSR count). The lowest BCUT2D eigenvalue weighted by atomic mass is 9.74. The summed E-state index contributed by atoms with van der Waals surface area (Å²) in [7, 11) is 0. The van der Waals surface area contributed by atoms with Gasteiger partial charge >= 0.3 is 5.97 Å². The van der Waals surface area contributed by atoms with Crippen molar-refractivity contribution in [3.8, 4) is 0 Å². The normalized spacial score (nSPS) is 24.7. The molecular weight excluding hydrogens is 366 g/mol. The third kappa shape index (κ3) is 4.30. The predicted molar refractivity (Wildman–Crippen MR) is 90.7 cm³/mol. The van der Waals surface area contributed by atoms with Crippen LogP contribution in [0.4, 0.5) is 0 Å². The van der Waals surface area contributed by atoms with Gasteiger partial charge in [0.15, 0.2) is 0 Å².